The summed E-state index contributed by atoms with van der Waals surface area (Å²) < 4.78 is 2.18. The third-order valence-electron chi connectivity index (χ3n) is 3.87. The Kier molecular flexibility index (Phi) is 6.79. The molecule has 0 spiro atoms. The Morgan fingerprint density at radius 1 is 1.32 bits per heavy atom. The summed E-state index contributed by atoms with van der Waals surface area (Å²) in [5.74, 6) is 1.30. The van der Waals surface area contributed by atoms with E-state index in [-0.39, 0.29) is 0 Å². The maximum absolute atomic E-state index is 4.69. The fraction of sp³-hybridized carbons (Fsp3) is 0.800. The van der Waals surface area contributed by atoms with E-state index in [1.807, 2.05) is 11.8 Å². The monoisotopic (exact) mass is 281 g/mol. The lowest BCUT2D eigenvalue weighted by Crippen LogP contribution is -2.15. The zero-order valence-electron chi connectivity index (χ0n) is 12.1. The third kappa shape index (κ3) is 5.19. The van der Waals surface area contributed by atoms with Crippen molar-refractivity contribution in [1.29, 1.82) is 0 Å². The number of aromatic nitrogens is 2. The lowest BCUT2D eigenvalue weighted by atomic mass is 10.2. The van der Waals surface area contributed by atoms with Crippen molar-refractivity contribution in [2.24, 2.45) is 0 Å². The minimum atomic E-state index is 0.667. The molecule has 1 saturated carbocycles. The van der Waals surface area contributed by atoms with Crippen LogP contribution in [0.1, 0.15) is 56.7 Å². The molecular weight excluding hydrogens is 254 g/mol. The molecule has 1 aromatic rings. The van der Waals surface area contributed by atoms with Gasteiger partial charge in [0.05, 0.1) is 11.7 Å². The number of nitrogens with one attached hydrogen (secondary N) is 1. The summed E-state index contributed by atoms with van der Waals surface area (Å²) in [5.41, 5.74) is 1.19. The van der Waals surface area contributed by atoms with Gasteiger partial charge >= 0.3 is 0 Å². The van der Waals surface area contributed by atoms with Crippen LogP contribution in [-0.2, 0) is 6.54 Å². The van der Waals surface area contributed by atoms with Crippen LogP contribution in [0.2, 0.25) is 0 Å². The molecule has 1 fully saturated rings. The molecule has 0 amide bonds. The summed E-state index contributed by atoms with van der Waals surface area (Å²) in [5, 5.41) is 8.19. The first-order valence-corrected chi connectivity index (χ1v) is 9.03. The van der Waals surface area contributed by atoms with Crippen LogP contribution in [0.4, 0.5) is 0 Å². The third-order valence-corrected chi connectivity index (χ3v) is 4.57. The maximum atomic E-state index is 4.69. The molecule has 0 aromatic carbocycles. The van der Waals surface area contributed by atoms with Gasteiger partial charge < -0.3 is 5.32 Å². The van der Waals surface area contributed by atoms with Crippen LogP contribution in [-0.4, -0.2) is 28.3 Å². The molecule has 1 heterocycles. The highest BCUT2D eigenvalue weighted by Crippen LogP contribution is 2.28. The van der Waals surface area contributed by atoms with Gasteiger partial charge in [-0.25, -0.2) is 0 Å². The Balaban J connectivity index is 1.58. The van der Waals surface area contributed by atoms with E-state index < -0.39 is 0 Å². The topological polar surface area (TPSA) is 29.9 Å². The molecule has 2 rings (SSSR count). The normalized spacial score (nSPS) is 16.3. The lowest BCUT2D eigenvalue weighted by molar-refractivity contribution is 0.460. The van der Waals surface area contributed by atoms with E-state index in [1.54, 1.807) is 0 Å². The van der Waals surface area contributed by atoms with Crippen molar-refractivity contribution < 1.29 is 0 Å². The zero-order valence-corrected chi connectivity index (χ0v) is 12.9. The van der Waals surface area contributed by atoms with E-state index in [9.17, 15) is 0 Å². The van der Waals surface area contributed by atoms with Gasteiger partial charge in [-0.1, -0.05) is 19.3 Å². The summed E-state index contributed by atoms with van der Waals surface area (Å²) in [6.45, 7) is 2.03. The predicted octanol–water partition coefficient (Wildman–Crippen LogP) is 3.62. The minimum Gasteiger partial charge on any atom is -0.311 e. The number of unbranched alkanes of at least 4 members (excludes halogenated alkanes) is 2. The van der Waals surface area contributed by atoms with Gasteiger partial charge in [0, 0.05) is 12.7 Å². The van der Waals surface area contributed by atoms with E-state index >= 15 is 0 Å². The molecule has 1 aromatic heterocycles. The van der Waals surface area contributed by atoms with E-state index in [2.05, 4.69) is 28.5 Å². The van der Waals surface area contributed by atoms with Crippen LogP contribution in [0.5, 0.6) is 0 Å². The first-order valence-electron chi connectivity index (χ1n) is 7.64. The van der Waals surface area contributed by atoms with Crippen molar-refractivity contribution in [3.05, 3.63) is 18.0 Å². The second kappa shape index (κ2) is 8.64. The van der Waals surface area contributed by atoms with Crippen LogP contribution in [0.25, 0.3) is 0 Å². The highest BCUT2D eigenvalue weighted by molar-refractivity contribution is 7.98. The fourth-order valence-electron chi connectivity index (χ4n) is 2.73. The summed E-state index contributed by atoms with van der Waals surface area (Å²) in [7, 11) is 0. The van der Waals surface area contributed by atoms with Gasteiger partial charge in [0.2, 0.25) is 0 Å². The van der Waals surface area contributed by atoms with Crippen molar-refractivity contribution in [2.75, 3.05) is 18.6 Å². The standard InChI is InChI=1S/C15H27N3S/c1-19-12-6-2-5-10-16-13-14-9-11-18(17-14)15-7-3-4-8-15/h9,11,15-16H,2-8,10,12-13H2,1H3. The number of thioether (sulfide) groups is 1. The van der Waals surface area contributed by atoms with Gasteiger partial charge in [0.25, 0.3) is 0 Å². The smallest absolute Gasteiger partial charge is 0.0762 e. The molecular formula is C15H27N3S. The Morgan fingerprint density at radius 2 is 2.16 bits per heavy atom. The Hall–Kier alpha value is -0.480. The molecule has 0 radical (unpaired) electrons. The molecule has 0 bridgehead atoms. The van der Waals surface area contributed by atoms with E-state index in [0.29, 0.717) is 6.04 Å². The van der Waals surface area contributed by atoms with Crippen LogP contribution >= 0.6 is 11.8 Å². The molecule has 0 atom stereocenters. The summed E-state index contributed by atoms with van der Waals surface area (Å²) >= 11 is 1.94. The summed E-state index contributed by atoms with van der Waals surface area (Å²) in [6.07, 6.45) is 13.7. The van der Waals surface area contributed by atoms with Gasteiger partial charge in [-0.2, -0.15) is 16.9 Å². The SMILES string of the molecule is CSCCCCCNCc1ccn(C2CCCC2)n1. The first kappa shape index (κ1) is 14.9. The number of nitrogens with zero attached hydrogens (tertiary/aromatic N) is 2. The van der Waals surface area contributed by atoms with Crippen molar-refractivity contribution in [1.82, 2.24) is 15.1 Å². The highest BCUT2D eigenvalue weighted by atomic mass is 32.2. The Labute approximate surface area is 121 Å². The van der Waals surface area contributed by atoms with Gasteiger partial charge in [-0.05, 0) is 50.3 Å². The number of hydrogen-bond donors (Lipinski definition) is 1. The molecule has 0 unspecified atom stereocenters. The molecule has 1 aliphatic rings. The number of hydrogen-bond acceptors (Lipinski definition) is 3. The average Bonchev–Trinajstić information content (AvgIpc) is 3.08. The van der Waals surface area contributed by atoms with Crippen molar-refractivity contribution in [3.8, 4) is 0 Å². The van der Waals surface area contributed by atoms with Crippen molar-refractivity contribution in [2.45, 2.75) is 57.5 Å². The second-order valence-electron chi connectivity index (χ2n) is 5.46. The predicted molar refractivity (Wildman–Crippen MR) is 83.7 cm³/mol. The minimum absolute atomic E-state index is 0.667. The molecule has 108 valence electrons. The molecule has 3 nitrogen and oxygen atoms in total. The van der Waals surface area contributed by atoms with Crippen molar-refractivity contribution in [3.63, 3.8) is 0 Å². The Bertz CT molecular complexity index is 345. The van der Waals surface area contributed by atoms with Gasteiger partial charge in [-0.3, -0.25) is 4.68 Å². The van der Waals surface area contributed by atoms with E-state index in [0.717, 1.165) is 13.1 Å². The fourth-order valence-corrected chi connectivity index (χ4v) is 3.23. The summed E-state index contributed by atoms with van der Waals surface area (Å²) in [6, 6.07) is 2.83. The van der Waals surface area contributed by atoms with Gasteiger partial charge in [0.15, 0.2) is 0 Å². The van der Waals surface area contributed by atoms with E-state index in [1.165, 1.54) is 56.4 Å². The highest BCUT2D eigenvalue weighted by Gasteiger charge is 2.17. The largest absolute Gasteiger partial charge is 0.311 e. The second-order valence-corrected chi connectivity index (χ2v) is 6.44. The van der Waals surface area contributed by atoms with Crippen LogP contribution in [0.15, 0.2) is 12.3 Å². The molecule has 0 aliphatic heterocycles. The number of rotatable bonds is 9. The summed E-state index contributed by atoms with van der Waals surface area (Å²) in [4.78, 5) is 0. The van der Waals surface area contributed by atoms with Gasteiger partial charge in [0.1, 0.15) is 0 Å². The Morgan fingerprint density at radius 3 is 2.95 bits per heavy atom. The molecule has 4 heteroatoms. The maximum Gasteiger partial charge on any atom is 0.0762 e. The first-order chi connectivity index (χ1) is 9.40. The van der Waals surface area contributed by atoms with Gasteiger partial charge in [-0.15, -0.1) is 0 Å². The molecule has 1 aliphatic carbocycles. The quantitative estimate of drug-likeness (QED) is 0.701. The van der Waals surface area contributed by atoms with E-state index in [4.69, 9.17) is 5.10 Å². The molecule has 0 saturated heterocycles. The van der Waals surface area contributed by atoms with Crippen LogP contribution < -0.4 is 5.32 Å². The van der Waals surface area contributed by atoms with Crippen molar-refractivity contribution >= 4 is 11.8 Å². The average molecular weight is 281 g/mol. The lowest BCUT2D eigenvalue weighted by Gasteiger charge is -2.09. The van der Waals surface area contributed by atoms with Crippen LogP contribution in [0.3, 0.4) is 0 Å². The molecule has 1 N–H and O–H groups in total. The zero-order chi connectivity index (χ0) is 13.3. The van der Waals surface area contributed by atoms with Crippen LogP contribution in [0, 0.1) is 0 Å². The molecule has 19 heavy (non-hydrogen) atoms.